The lowest BCUT2D eigenvalue weighted by molar-refractivity contribution is -0.141. The highest BCUT2D eigenvalue weighted by molar-refractivity contribution is 8.01. The molecule has 90 valence electrons. The number of thioether (sulfide) groups is 1. The predicted octanol–water partition coefficient (Wildman–Crippen LogP) is 2.19. The maximum Gasteiger partial charge on any atom is 0.324 e. The third-order valence-corrected chi connectivity index (χ3v) is 4.78. The summed E-state index contributed by atoms with van der Waals surface area (Å²) >= 11 is 2.94. The predicted molar refractivity (Wildman–Crippen MR) is 70.6 cm³/mol. The first-order valence-corrected chi connectivity index (χ1v) is 6.80. The maximum atomic E-state index is 10.9. The molecule has 0 radical (unpaired) electrons. The van der Waals surface area contributed by atoms with Gasteiger partial charge in [-0.2, -0.15) is 0 Å². The topological polar surface area (TPSA) is 76.2 Å². The number of fused-ring (bicyclic) bond motifs is 1. The Morgan fingerprint density at radius 1 is 1.59 bits per heavy atom. The summed E-state index contributed by atoms with van der Waals surface area (Å²) in [6, 6.07) is 7.82. The van der Waals surface area contributed by atoms with Crippen molar-refractivity contribution in [3.63, 3.8) is 0 Å². The minimum atomic E-state index is -1.22. The normalized spacial score (nSPS) is 14.7. The molecular formula is C11H12N2O2S2. The molecule has 0 aliphatic rings. The smallest absolute Gasteiger partial charge is 0.324 e. The maximum absolute atomic E-state index is 10.9. The summed E-state index contributed by atoms with van der Waals surface area (Å²) in [5.41, 5.74) is 5.38. The second-order valence-electron chi connectivity index (χ2n) is 3.96. The molecule has 0 aliphatic heterocycles. The summed E-state index contributed by atoms with van der Waals surface area (Å²) in [5, 5.41) is 8.90. The summed E-state index contributed by atoms with van der Waals surface area (Å²) in [6.07, 6.45) is 0. The highest BCUT2D eigenvalue weighted by atomic mass is 32.2. The summed E-state index contributed by atoms with van der Waals surface area (Å²) in [4.78, 5) is 15.3. The standard InChI is InChI=1S/C11H12N2O2S2/c1-11(12,9(14)15)6-16-10-13-7-4-2-3-5-8(7)17-10/h2-5H,6,12H2,1H3,(H,14,15). The zero-order chi connectivity index (χ0) is 12.5. The molecular weight excluding hydrogens is 256 g/mol. The van der Waals surface area contributed by atoms with Crippen LogP contribution in [0.5, 0.6) is 0 Å². The second kappa shape index (κ2) is 4.64. The van der Waals surface area contributed by atoms with E-state index in [-0.39, 0.29) is 0 Å². The SMILES string of the molecule is CC(N)(CSc1nc2ccccc2s1)C(=O)O. The average molecular weight is 268 g/mol. The number of carboxylic acid groups (broad SMARTS) is 1. The van der Waals surface area contributed by atoms with Crippen molar-refractivity contribution < 1.29 is 9.90 Å². The van der Waals surface area contributed by atoms with Crippen LogP contribution in [-0.4, -0.2) is 27.4 Å². The van der Waals surface area contributed by atoms with Gasteiger partial charge in [0.15, 0.2) is 4.34 Å². The molecule has 0 spiro atoms. The van der Waals surface area contributed by atoms with Crippen molar-refractivity contribution in [1.82, 2.24) is 4.98 Å². The van der Waals surface area contributed by atoms with Crippen LogP contribution in [0.25, 0.3) is 10.2 Å². The minimum Gasteiger partial charge on any atom is -0.480 e. The van der Waals surface area contributed by atoms with Crippen molar-refractivity contribution in [1.29, 1.82) is 0 Å². The molecule has 0 fully saturated rings. The first-order valence-electron chi connectivity index (χ1n) is 5.00. The van der Waals surface area contributed by atoms with Crippen LogP contribution in [0, 0.1) is 0 Å². The third kappa shape index (κ3) is 2.77. The van der Waals surface area contributed by atoms with Gasteiger partial charge in [-0.15, -0.1) is 11.3 Å². The molecule has 0 saturated heterocycles. The number of carboxylic acids is 1. The van der Waals surface area contributed by atoms with Crippen molar-refractivity contribution in [2.75, 3.05) is 5.75 Å². The van der Waals surface area contributed by atoms with Crippen LogP contribution in [-0.2, 0) is 4.79 Å². The van der Waals surface area contributed by atoms with E-state index in [4.69, 9.17) is 10.8 Å². The Hall–Kier alpha value is -1.11. The first-order chi connectivity index (χ1) is 7.99. The van der Waals surface area contributed by atoms with Crippen molar-refractivity contribution in [3.05, 3.63) is 24.3 Å². The largest absolute Gasteiger partial charge is 0.480 e. The van der Waals surface area contributed by atoms with Crippen molar-refractivity contribution >= 4 is 39.3 Å². The van der Waals surface area contributed by atoms with Crippen LogP contribution in [0.3, 0.4) is 0 Å². The molecule has 17 heavy (non-hydrogen) atoms. The fourth-order valence-electron chi connectivity index (χ4n) is 1.19. The number of thiazole rings is 1. The summed E-state index contributed by atoms with van der Waals surface area (Å²) in [6.45, 7) is 1.51. The Morgan fingerprint density at radius 3 is 2.94 bits per heavy atom. The lowest BCUT2D eigenvalue weighted by Crippen LogP contribution is -2.47. The molecule has 2 aromatic rings. The summed E-state index contributed by atoms with van der Waals surface area (Å²) < 4.78 is 1.95. The van der Waals surface area contributed by atoms with Gasteiger partial charge >= 0.3 is 5.97 Å². The van der Waals surface area contributed by atoms with Gasteiger partial charge in [0.1, 0.15) is 5.54 Å². The van der Waals surface area contributed by atoms with Gasteiger partial charge in [0, 0.05) is 5.75 Å². The molecule has 3 N–H and O–H groups in total. The molecule has 0 bridgehead atoms. The molecule has 2 rings (SSSR count). The van der Waals surface area contributed by atoms with Crippen molar-refractivity contribution in [2.45, 2.75) is 16.8 Å². The van der Waals surface area contributed by atoms with Gasteiger partial charge in [0.2, 0.25) is 0 Å². The monoisotopic (exact) mass is 268 g/mol. The fraction of sp³-hybridized carbons (Fsp3) is 0.273. The van der Waals surface area contributed by atoms with Crippen LogP contribution < -0.4 is 5.73 Å². The highest BCUT2D eigenvalue weighted by Crippen LogP contribution is 2.30. The molecule has 1 aromatic carbocycles. The van der Waals surface area contributed by atoms with E-state index in [1.54, 1.807) is 11.3 Å². The van der Waals surface area contributed by atoms with Gasteiger partial charge < -0.3 is 10.8 Å². The Labute approximate surface area is 107 Å². The van der Waals surface area contributed by atoms with E-state index in [1.165, 1.54) is 18.7 Å². The number of aliphatic carboxylic acids is 1. The number of hydrogen-bond acceptors (Lipinski definition) is 5. The first kappa shape index (κ1) is 12.3. The number of carbonyl (C=O) groups is 1. The number of para-hydroxylation sites is 1. The second-order valence-corrected chi connectivity index (χ2v) is 6.21. The van der Waals surface area contributed by atoms with E-state index in [2.05, 4.69) is 4.98 Å². The van der Waals surface area contributed by atoms with E-state index in [0.29, 0.717) is 5.75 Å². The van der Waals surface area contributed by atoms with E-state index in [1.807, 2.05) is 24.3 Å². The highest BCUT2D eigenvalue weighted by Gasteiger charge is 2.28. The molecule has 0 amide bonds. The molecule has 1 atom stereocenters. The Morgan fingerprint density at radius 2 is 2.29 bits per heavy atom. The number of benzene rings is 1. The molecule has 4 nitrogen and oxygen atoms in total. The summed E-state index contributed by atoms with van der Waals surface area (Å²) in [5.74, 6) is -0.687. The average Bonchev–Trinajstić information content (AvgIpc) is 2.69. The van der Waals surface area contributed by atoms with E-state index < -0.39 is 11.5 Å². The van der Waals surface area contributed by atoms with Crippen LogP contribution in [0.2, 0.25) is 0 Å². The van der Waals surface area contributed by atoms with Crippen LogP contribution in [0.4, 0.5) is 0 Å². The summed E-state index contributed by atoms with van der Waals surface area (Å²) in [7, 11) is 0. The molecule has 1 heterocycles. The number of nitrogens with two attached hydrogens (primary N) is 1. The lowest BCUT2D eigenvalue weighted by Gasteiger charge is -2.17. The van der Waals surface area contributed by atoms with Crippen molar-refractivity contribution in [3.8, 4) is 0 Å². The molecule has 1 aromatic heterocycles. The van der Waals surface area contributed by atoms with E-state index in [0.717, 1.165) is 14.6 Å². The molecule has 0 saturated carbocycles. The Balaban J connectivity index is 2.12. The van der Waals surface area contributed by atoms with Crippen LogP contribution in [0.15, 0.2) is 28.6 Å². The zero-order valence-corrected chi connectivity index (χ0v) is 10.8. The number of rotatable bonds is 4. The van der Waals surface area contributed by atoms with Crippen LogP contribution >= 0.6 is 23.1 Å². The van der Waals surface area contributed by atoms with Gasteiger partial charge in [-0.1, -0.05) is 23.9 Å². The van der Waals surface area contributed by atoms with Gasteiger partial charge in [0.05, 0.1) is 10.2 Å². The molecule has 0 aliphatic carbocycles. The zero-order valence-electron chi connectivity index (χ0n) is 9.21. The van der Waals surface area contributed by atoms with E-state index >= 15 is 0 Å². The number of nitrogens with zero attached hydrogens (tertiary/aromatic N) is 1. The Bertz CT molecular complexity index is 518. The number of hydrogen-bond donors (Lipinski definition) is 2. The van der Waals surface area contributed by atoms with Gasteiger partial charge in [0.25, 0.3) is 0 Å². The molecule has 1 unspecified atom stereocenters. The van der Waals surface area contributed by atoms with Crippen LogP contribution in [0.1, 0.15) is 6.92 Å². The lowest BCUT2D eigenvalue weighted by atomic mass is 10.1. The van der Waals surface area contributed by atoms with Gasteiger partial charge in [-0.25, -0.2) is 4.98 Å². The van der Waals surface area contributed by atoms with Gasteiger partial charge in [-0.3, -0.25) is 4.79 Å². The number of aromatic nitrogens is 1. The van der Waals surface area contributed by atoms with Crippen molar-refractivity contribution in [2.24, 2.45) is 5.73 Å². The van der Waals surface area contributed by atoms with Gasteiger partial charge in [-0.05, 0) is 19.1 Å². The Kier molecular flexibility index (Phi) is 3.37. The fourth-order valence-corrected chi connectivity index (χ4v) is 3.27. The third-order valence-electron chi connectivity index (χ3n) is 2.26. The quantitative estimate of drug-likeness (QED) is 0.831. The molecule has 6 heteroatoms. The minimum absolute atomic E-state index is 0.308. The van der Waals surface area contributed by atoms with E-state index in [9.17, 15) is 4.79 Å².